The molecule has 1 aromatic heterocycles. The van der Waals surface area contributed by atoms with Gasteiger partial charge in [-0.3, -0.25) is 9.59 Å². The predicted molar refractivity (Wildman–Crippen MR) is 65.1 cm³/mol. The fourth-order valence-electron chi connectivity index (χ4n) is 1.86. The lowest BCUT2D eigenvalue weighted by Crippen LogP contribution is -2.44. The van der Waals surface area contributed by atoms with Crippen LogP contribution in [-0.2, 0) is 16.0 Å². The highest BCUT2D eigenvalue weighted by molar-refractivity contribution is 6.35. The number of hydrogen-bond donors (Lipinski definition) is 2. The fourth-order valence-corrected chi connectivity index (χ4v) is 1.86. The van der Waals surface area contributed by atoms with Gasteiger partial charge in [-0.15, -0.1) is 0 Å². The van der Waals surface area contributed by atoms with Gasteiger partial charge in [-0.1, -0.05) is 5.16 Å². The van der Waals surface area contributed by atoms with E-state index in [0.29, 0.717) is 31.9 Å². The van der Waals surface area contributed by atoms with Crippen LogP contribution in [0.25, 0.3) is 0 Å². The van der Waals surface area contributed by atoms with Crippen LogP contribution in [0.15, 0.2) is 10.9 Å². The summed E-state index contributed by atoms with van der Waals surface area (Å²) in [4.78, 5) is 29.0. The maximum Gasteiger partial charge on any atom is 0.311 e. The summed E-state index contributed by atoms with van der Waals surface area (Å²) in [7, 11) is 0. The molecule has 0 unspecified atom stereocenters. The molecule has 0 atom stereocenters. The minimum atomic E-state index is -0.582. The summed E-state index contributed by atoms with van der Waals surface area (Å²) in [6.45, 7) is 3.08. The van der Waals surface area contributed by atoms with Crippen LogP contribution in [0.1, 0.15) is 12.3 Å². The lowest BCUT2D eigenvalue weighted by Gasteiger charge is -2.18. The minimum absolute atomic E-state index is 0.304. The third-order valence-corrected chi connectivity index (χ3v) is 2.85. The molecule has 1 saturated heterocycles. The number of rotatable bonds is 3. The Kier molecular flexibility index (Phi) is 4.85. The van der Waals surface area contributed by atoms with Crippen LogP contribution in [0.4, 0.5) is 0 Å². The summed E-state index contributed by atoms with van der Waals surface area (Å²) in [5.41, 5.74) is 0. The molecular formula is C11H17N5O3. The van der Waals surface area contributed by atoms with Crippen molar-refractivity contribution in [2.24, 2.45) is 0 Å². The van der Waals surface area contributed by atoms with Crippen LogP contribution in [0, 0.1) is 0 Å². The van der Waals surface area contributed by atoms with Crippen molar-refractivity contribution in [2.45, 2.75) is 12.8 Å². The summed E-state index contributed by atoms with van der Waals surface area (Å²) < 4.78 is 4.79. The molecule has 2 rings (SSSR count). The van der Waals surface area contributed by atoms with Crippen LogP contribution in [0.5, 0.6) is 0 Å². The number of aromatic nitrogens is 2. The van der Waals surface area contributed by atoms with Crippen molar-refractivity contribution in [3.8, 4) is 0 Å². The lowest BCUT2D eigenvalue weighted by atomic mass is 10.3. The van der Waals surface area contributed by atoms with E-state index in [9.17, 15) is 9.59 Å². The Morgan fingerprint density at radius 3 is 3.11 bits per heavy atom. The third-order valence-electron chi connectivity index (χ3n) is 2.85. The molecule has 8 nitrogen and oxygen atoms in total. The van der Waals surface area contributed by atoms with Crippen LogP contribution in [0.3, 0.4) is 0 Å². The third kappa shape index (κ3) is 4.02. The number of hydrogen-bond acceptors (Lipinski definition) is 6. The van der Waals surface area contributed by atoms with Gasteiger partial charge in [0.25, 0.3) is 0 Å². The molecule has 0 bridgehead atoms. The zero-order chi connectivity index (χ0) is 13.5. The SMILES string of the molecule is O=C(NCCc1ncno1)C(=O)N1CCCNCC1. The van der Waals surface area contributed by atoms with Crippen molar-refractivity contribution in [3.05, 3.63) is 12.2 Å². The Bertz CT molecular complexity index is 412. The number of carbonyl (C=O) groups is 2. The smallest absolute Gasteiger partial charge is 0.311 e. The molecule has 0 aromatic carbocycles. The molecule has 1 aromatic rings. The van der Waals surface area contributed by atoms with Crippen LogP contribution < -0.4 is 10.6 Å². The Hall–Kier alpha value is -1.96. The van der Waals surface area contributed by atoms with E-state index >= 15 is 0 Å². The minimum Gasteiger partial charge on any atom is -0.347 e. The summed E-state index contributed by atoms with van der Waals surface area (Å²) in [5, 5.41) is 9.20. The maximum absolute atomic E-state index is 11.9. The number of nitrogens with one attached hydrogen (secondary N) is 2. The Balaban J connectivity index is 1.73. The average molecular weight is 267 g/mol. The predicted octanol–water partition coefficient (Wildman–Crippen LogP) is -1.45. The maximum atomic E-state index is 11.9. The molecule has 0 saturated carbocycles. The fraction of sp³-hybridized carbons (Fsp3) is 0.636. The zero-order valence-electron chi connectivity index (χ0n) is 10.6. The molecule has 8 heteroatoms. The van der Waals surface area contributed by atoms with Gasteiger partial charge >= 0.3 is 11.8 Å². The monoisotopic (exact) mass is 267 g/mol. The van der Waals surface area contributed by atoms with Crippen LogP contribution >= 0.6 is 0 Å². The lowest BCUT2D eigenvalue weighted by molar-refractivity contribution is -0.145. The normalized spacial score (nSPS) is 15.9. The van der Waals surface area contributed by atoms with Crippen LogP contribution in [-0.4, -0.2) is 59.6 Å². The second-order valence-electron chi connectivity index (χ2n) is 4.24. The van der Waals surface area contributed by atoms with Crippen LogP contribution in [0.2, 0.25) is 0 Å². The molecular weight excluding hydrogens is 250 g/mol. The van der Waals surface area contributed by atoms with Gasteiger partial charge in [-0.05, 0) is 13.0 Å². The first-order chi connectivity index (χ1) is 9.27. The number of nitrogens with zero attached hydrogens (tertiary/aromatic N) is 3. The van der Waals surface area contributed by atoms with Gasteiger partial charge in [-0.25, -0.2) is 0 Å². The summed E-state index contributed by atoms with van der Waals surface area (Å²) >= 11 is 0. The number of carbonyl (C=O) groups excluding carboxylic acids is 2. The quantitative estimate of drug-likeness (QED) is 0.650. The second-order valence-corrected chi connectivity index (χ2v) is 4.24. The van der Waals surface area contributed by atoms with Gasteiger partial charge in [-0.2, -0.15) is 4.98 Å². The molecule has 19 heavy (non-hydrogen) atoms. The Morgan fingerprint density at radius 1 is 1.42 bits per heavy atom. The van der Waals surface area contributed by atoms with Gasteiger partial charge in [0.2, 0.25) is 5.89 Å². The molecule has 2 heterocycles. The zero-order valence-corrected chi connectivity index (χ0v) is 10.6. The number of amides is 2. The first-order valence-corrected chi connectivity index (χ1v) is 6.31. The van der Waals surface area contributed by atoms with E-state index in [1.807, 2.05) is 0 Å². The first-order valence-electron chi connectivity index (χ1n) is 6.31. The molecule has 0 spiro atoms. The summed E-state index contributed by atoms with van der Waals surface area (Å²) in [6, 6.07) is 0. The molecule has 0 radical (unpaired) electrons. The first kappa shape index (κ1) is 13.5. The standard InChI is InChI=1S/C11H17N5O3/c17-10(13-4-2-9-14-8-15-19-9)11(18)16-6-1-3-12-5-7-16/h8,12H,1-7H2,(H,13,17). The van der Waals surface area contributed by atoms with E-state index in [4.69, 9.17) is 4.52 Å². The average Bonchev–Trinajstić information content (AvgIpc) is 2.78. The van der Waals surface area contributed by atoms with Gasteiger partial charge < -0.3 is 20.1 Å². The van der Waals surface area contributed by atoms with Gasteiger partial charge in [0.05, 0.1) is 0 Å². The van der Waals surface area contributed by atoms with E-state index in [-0.39, 0.29) is 0 Å². The van der Waals surface area contributed by atoms with E-state index < -0.39 is 11.8 Å². The van der Waals surface area contributed by atoms with Gasteiger partial charge in [0.1, 0.15) is 0 Å². The Morgan fingerprint density at radius 2 is 2.32 bits per heavy atom. The van der Waals surface area contributed by atoms with E-state index in [1.54, 1.807) is 4.90 Å². The van der Waals surface area contributed by atoms with Crippen molar-refractivity contribution < 1.29 is 14.1 Å². The van der Waals surface area contributed by atoms with Crippen molar-refractivity contribution in [1.82, 2.24) is 25.7 Å². The molecule has 1 aliphatic heterocycles. The largest absolute Gasteiger partial charge is 0.347 e. The van der Waals surface area contributed by atoms with Crippen molar-refractivity contribution >= 4 is 11.8 Å². The highest BCUT2D eigenvalue weighted by Gasteiger charge is 2.22. The Labute approximate surface area is 110 Å². The molecule has 1 fully saturated rings. The van der Waals surface area contributed by atoms with Crippen molar-refractivity contribution in [2.75, 3.05) is 32.7 Å². The van der Waals surface area contributed by atoms with E-state index in [2.05, 4.69) is 20.8 Å². The molecule has 2 amide bonds. The van der Waals surface area contributed by atoms with Crippen molar-refractivity contribution in [3.63, 3.8) is 0 Å². The molecule has 1 aliphatic rings. The van der Waals surface area contributed by atoms with Gasteiger partial charge in [0.15, 0.2) is 6.33 Å². The summed E-state index contributed by atoms with van der Waals surface area (Å²) in [6.07, 6.45) is 2.58. The second kappa shape index (κ2) is 6.83. The van der Waals surface area contributed by atoms with Gasteiger partial charge in [0, 0.05) is 32.6 Å². The highest BCUT2D eigenvalue weighted by atomic mass is 16.5. The molecule has 0 aliphatic carbocycles. The molecule has 2 N–H and O–H groups in total. The van der Waals surface area contributed by atoms with Crippen molar-refractivity contribution in [1.29, 1.82) is 0 Å². The van der Waals surface area contributed by atoms with E-state index in [1.165, 1.54) is 6.33 Å². The molecule has 104 valence electrons. The highest BCUT2D eigenvalue weighted by Crippen LogP contribution is 1.97. The topological polar surface area (TPSA) is 100 Å². The van der Waals surface area contributed by atoms with E-state index in [0.717, 1.165) is 19.5 Å². The summed E-state index contributed by atoms with van der Waals surface area (Å²) in [5.74, 6) is -0.623.